The maximum absolute atomic E-state index is 10.5. The fourth-order valence-corrected chi connectivity index (χ4v) is 3.94. The number of aliphatic hydroxyl groups excluding tert-OH is 2. The third-order valence-corrected chi connectivity index (χ3v) is 5.47. The molecule has 0 aromatic rings. The van der Waals surface area contributed by atoms with Crippen LogP contribution in [0.25, 0.3) is 0 Å². The number of aliphatic carboxylic acids is 1. The Hall–Kier alpha value is -0.780. The number of carboxylic acid groups (broad SMARTS) is 1. The Bertz CT molecular complexity index is 435. The molecule has 1 rings (SSSR count). The molecule has 0 aromatic carbocycles. The normalized spacial score (nSPS) is 28.2. The number of rotatable bonds is 12. The minimum absolute atomic E-state index is 0.109. The van der Waals surface area contributed by atoms with Gasteiger partial charge < -0.3 is 15.3 Å². The van der Waals surface area contributed by atoms with E-state index >= 15 is 0 Å². The standard InChI is InChI=1S/C20H34O4S/c1-2-3-6-9-15(21)12-13-17-16(18(22)14-19(17)25)10-7-4-5-8-11-20(23)24/h4,7,12-13,15-19,21-22,25H,2-3,5-6,8-11,14H2,1H3,(H,23,24). The fourth-order valence-electron chi connectivity index (χ4n) is 3.41. The number of unbranched alkanes of at least 4 members (excludes halogenated alkanes) is 3. The van der Waals surface area contributed by atoms with Crippen molar-refractivity contribution in [3.8, 4) is 0 Å². The molecule has 4 nitrogen and oxygen atoms in total. The molecule has 144 valence electrons. The topological polar surface area (TPSA) is 77.8 Å². The van der Waals surface area contributed by atoms with Gasteiger partial charge in [-0.3, -0.25) is 4.79 Å². The van der Waals surface area contributed by atoms with E-state index in [1.165, 1.54) is 0 Å². The van der Waals surface area contributed by atoms with Crippen LogP contribution in [0, 0.1) is 11.8 Å². The highest BCUT2D eigenvalue weighted by atomic mass is 32.1. The van der Waals surface area contributed by atoms with Gasteiger partial charge in [0.25, 0.3) is 0 Å². The molecule has 0 radical (unpaired) electrons. The first kappa shape index (κ1) is 22.3. The zero-order valence-electron chi connectivity index (χ0n) is 15.3. The molecular formula is C20H34O4S. The van der Waals surface area contributed by atoms with Crippen molar-refractivity contribution >= 4 is 18.6 Å². The second-order valence-corrected chi connectivity index (χ2v) is 7.72. The summed E-state index contributed by atoms with van der Waals surface area (Å²) in [5, 5.41) is 29.1. The van der Waals surface area contributed by atoms with Crippen LogP contribution in [-0.2, 0) is 4.79 Å². The van der Waals surface area contributed by atoms with Gasteiger partial charge in [0.05, 0.1) is 12.2 Å². The van der Waals surface area contributed by atoms with Crippen LogP contribution in [0.4, 0.5) is 0 Å². The van der Waals surface area contributed by atoms with E-state index in [1.807, 2.05) is 24.3 Å². The quantitative estimate of drug-likeness (QED) is 0.238. The van der Waals surface area contributed by atoms with Crippen molar-refractivity contribution in [3.63, 3.8) is 0 Å². The van der Waals surface area contributed by atoms with Gasteiger partial charge in [0.15, 0.2) is 0 Å². The zero-order chi connectivity index (χ0) is 18.7. The minimum Gasteiger partial charge on any atom is -0.481 e. The molecule has 0 bridgehead atoms. The Kier molecular flexibility index (Phi) is 11.2. The molecule has 1 fully saturated rings. The molecule has 3 N–H and O–H groups in total. The maximum atomic E-state index is 10.5. The third-order valence-electron chi connectivity index (χ3n) is 4.91. The van der Waals surface area contributed by atoms with Crippen LogP contribution in [0.5, 0.6) is 0 Å². The lowest BCUT2D eigenvalue weighted by Gasteiger charge is -2.20. The van der Waals surface area contributed by atoms with Crippen LogP contribution < -0.4 is 0 Å². The van der Waals surface area contributed by atoms with Gasteiger partial charge in [0.1, 0.15) is 0 Å². The molecular weight excluding hydrogens is 336 g/mol. The molecule has 5 heteroatoms. The van der Waals surface area contributed by atoms with Gasteiger partial charge in [-0.15, -0.1) is 0 Å². The lowest BCUT2D eigenvalue weighted by atomic mass is 9.90. The highest BCUT2D eigenvalue weighted by molar-refractivity contribution is 7.81. The number of hydrogen-bond donors (Lipinski definition) is 4. The first-order valence-electron chi connectivity index (χ1n) is 9.55. The Morgan fingerprint density at radius 3 is 2.72 bits per heavy atom. The molecule has 0 aliphatic heterocycles. The molecule has 0 aromatic heterocycles. The van der Waals surface area contributed by atoms with Crippen LogP contribution in [0.1, 0.15) is 64.7 Å². The summed E-state index contributed by atoms with van der Waals surface area (Å²) in [5.74, 6) is -0.500. The molecule has 0 spiro atoms. The highest BCUT2D eigenvalue weighted by Crippen LogP contribution is 2.39. The highest BCUT2D eigenvalue weighted by Gasteiger charge is 2.38. The molecule has 25 heavy (non-hydrogen) atoms. The number of carbonyl (C=O) groups is 1. The molecule has 1 saturated carbocycles. The average molecular weight is 371 g/mol. The summed E-state index contributed by atoms with van der Waals surface area (Å²) in [5.41, 5.74) is 0. The summed E-state index contributed by atoms with van der Waals surface area (Å²) in [7, 11) is 0. The lowest BCUT2D eigenvalue weighted by molar-refractivity contribution is -0.137. The predicted octanol–water partition coefficient (Wildman–Crippen LogP) is 3.98. The number of thiol groups is 1. The summed E-state index contributed by atoms with van der Waals surface area (Å²) in [6.45, 7) is 2.15. The van der Waals surface area contributed by atoms with Crippen molar-refractivity contribution in [3.05, 3.63) is 24.3 Å². The molecule has 5 unspecified atom stereocenters. The summed E-state index contributed by atoms with van der Waals surface area (Å²) < 4.78 is 0. The van der Waals surface area contributed by atoms with Crippen molar-refractivity contribution in [1.82, 2.24) is 0 Å². The third kappa shape index (κ3) is 8.93. The molecule has 1 aliphatic rings. The van der Waals surface area contributed by atoms with Gasteiger partial charge in [-0.1, -0.05) is 50.5 Å². The van der Waals surface area contributed by atoms with Gasteiger partial charge >= 0.3 is 5.97 Å². The minimum atomic E-state index is -0.764. The van der Waals surface area contributed by atoms with Crippen LogP contribution >= 0.6 is 12.6 Å². The molecule has 5 atom stereocenters. The first-order chi connectivity index (χ1) is 12.0. The van der Waals surface area contributed by atoms with E-state index in [0.717, 1.165) is 38.5 Å². The molecule has 0 heterocycles. The van der Waals surface area contributed by atoms with Gasteiger partial charge in [0, 0.05) is 11.7 Å². The number of carboxylic acids is 1. The fraction of sp³-hybridized carbons (Fsp3) is 0.750. The number of allylic oxidation sites excluding steroid dienone is 3. The van der Waals surface area contributed by atoms with Crippen LogP contribution in [0.2, 0.25) is 0 Å². The van der Waals surface area contributed by atoms with E-state index in [9.17, 15) is 15.0 Å². The van der Waals surface area contributed by atoms with Crippen molar-refractivity contribution in [2.75, 3.05) is 0 Å². The van der Waals surface area contributed by atoms with Crippen molar-refractivity contribution in [1.29, 1.82) is 0 Å². The second kappa shape index (κ2) is 12.6. The van der Waals surface area contributed by atoms with E-state index in [-0.39, 0.29) is 29.6 Å². The van der Waals surface area contributed by atoms with Gasteiger partial charge in [0.2, 0.25) is 0 Å². The van der Waals surface area contributed by atoms with Crippen LogP contribution in [0.15, 0.2) is 24.3 Å². The predicted molar refractivity (Wildman–Crippen MR) is 105 cm³/mol. The van der Waals surface area contributed by atoms with E-state index in [4.69, 9.17) is 5.11 Å². The van der Waals surface area contributed by atoms with E-state index in [2.05, 4.69) is 19.6 Å². The summed E-state index contributed by atoms with van der Waals surface area (Å²) in [6, 6.07) is 0. The molecule has 0 saturated heterocycles. The Morgan fingerprint density at radius 2 is 2.04 bits per heavy atom. The Balaban J connectivity index is 2.46. The summed E-state index contributed by atoms with van der Waals surface area (Å²) in [4.78, 5) is 10.5. The smallest absolute Gasteiger partial charge is 0.303 e. The SMILES string of the molecule is CCCCCC(O)C=CC1C(S)CC(O)C1CC=CCCCC(=O)O. The molecule has 0 amide bonds. The van der Waals surface area contributed by atoms with Gasteiger partial charge in [-0.25, -0.2) is 0 Å². The number of hydrogen-bond acceptors (Lipinski definition) is 4. The zero-order valence-corrected chi connectivity index (χ0v) is 16.2. The maximum Gasteiger partial charge on any atom is 0.303 e. The first-order valence-corrected chi connectivity index (χ1v) is 10.1. The number of aliphatic hydroxyl groups is 2. The molecule has 1 aliphatic carbocycles. The van der Waals surface area contributed by atoms with Crippen molar-refractivity contribution < 1.29 is 20.1 Å². The Labute approximate surface area is 157 Å². The average Bonchev–Trinajstić information content (AvgIpc) is 2.82. The van der Waals surface area contributed by atoms with Gasteiger partial charge in [-0.05, 0) is 43.9 Å². The Morgan fingerprint density at radius 1 is 1.28 bits per heavy atom. The summed E-state index contributed by atoms with van der Waals surface area (Å²) >= 11 is 4.61. The van der Waals surface area contributed by atoms with E-state index in [1.54, 1.807) is 0 Å². The van der Waals surface area contributed by atoms with Crippen LogP contribution in [-0.4, -0.2) is 38.7 Å². The largest absolute Gasteiger partial charge is 0.481 e. The monoisotopic (exact) mass is 370 g/mol. The van der Waals surface area contributed by atoms with E-state index in [0.29, 0.717) is 12.8 Å². The summed E-state index contributed by atoms with van der Waals surface area (Å²) in [6.07, 6.45) is 14.2. The van der Waals surface area contributed by atoms with Gasteiger partial charge in [-0.2, -0.15) is 12.6 Å². The van der Waals surface area contributed by atoms with Crippen molar-refractivity contribution in [2.24, 2.45) is 11.8 Å². The van der Waals surface area contributed by atoms with Crippen molar-refractivity contribution in [2.45, 2.75) is 82.2 Å². The van der Waals surface area contributed by atoms with E-state index < -0.39 is 12.1 Å². The van der Waals surface area contributed by atoms with Crippen LogP contribution in [0.3, 0.4) is 0 Å². The lowest BCUT2D eigenvalue weighted by Crippen LogP contribution is -2.19. The second-order valence-electron chi connectivity index (χ2n) is 7.05.